The fourth-order valence-electron chi connectivity index (χ4n) is 3.75. The summed E-state index contributed by atoms with van der Waals surface area (Å²) in [5.41, 5.74) is -0.724. The van der Waals surface area contributed by atoms with E-state index in [-0.39, 0.29) is 23.8 Å². The Kier molecular flexibility index (Phi) is 4.95. The summed E-state index contributed by atoms with van der Waals surface area (Å²) in [7, 11) is 0. The molecule has 2 rings (SSSR count). The van der Waals surface area contributed by atoms with Crippen molar-refractivity contribution in [2.45, 2.75) is 77.8 Å². The number of amides is 2. The lowest BCUT2D eigenvalue weighted by atomic mass is 9.88. The minimum atomic E-state index is -0.724. The summed E-state index contributed by atoms with van der Waals surface area (Å²) in [6.07, 6.45) is 6.89. The maximum atomic E-state index is 12.9. The van der Waals surface area contributed by atoms with Crippen LogP contribution in [0.1, 0.15) is 66.2 Å². The summed E-state index contributed by atoms with van der Waals surface area (Å²) in [6, 6.07) is -0.307. The van der Waals surface area contributed by atoms with Crippen molar-refractivity contribution in [3.8, 4) is 0 Å². The Morgan fingerprint density at radius 3 is 2.43 bits per heavy atom. The maximum Gasteiger partial charge on any atom is 0.248 e. The van der Waals surface area contributed by atoms with Gasteiger partial charge in [0.25, 0.3) is 0 Å². The van der Waals surface area contributed by atoms with Crippen molar-refractivity contribution >= 4 is 11.8 Å². The van der Waals surface area contributed by atoms with E-state index < -0.39 is 5.54 Å². The molecule has 2 amide bonds. The number of hydrogen-bond donors (Lipinski definition) is 1. The van der Waals surface area contributed by atoms with Gasteiger partial charge in [0.15, 0.2) is 0 Å². The largest absolute Gasteiger partial charge is 0.340 e. The average Bonchev–Trinajstić information content (AvgIpc) is 2.93. The van der Waals surface area contributed by atoms with Crippen LogP contribution in [0, 0.1) is 11.8 Å². The van der Waals surface area contributed by atoms with Crippen molar-refractivity contribution < 1.29 is 9.59 Å². The van der Waals surface area contributed by atoms with Gasteiger partial charge in [0.05, 0.1) is 0 Å². The third kappa shape index (κ3) is 3.24. The van der Waals surface area contributed by atoms with E-state index >= 15 is 0 Å². The van der Waals surface area contributed by atoms with E-state index in [0.29, 0.717) is 6.42 Å². The molecule has 21 heavy (non-hydrogen) atoms. The van der Waals surface area contributed by atoms with E-state index in [1.54, 1.807) is 0 Å². The van der Waals surface area contributed by atoms with E-state index in [2.05, 4.69) is 5.32 Å². The number of nitrogens with zero attached hydrogens (tertiary/aromatic N) is 1. The summed E-state index contributed by atoms with van der Waals surface area (Å²) < 4.78 is 0. The molecule has 1 saturated carbocycles. The number of piperazine rings is 1. The van der Waals surface area contributed by atoms with E-state index in [0.717, 1.165) is 18.9 Å². The van der Waals surface area contributed by atoms with Gasteiger partial charge in [-0.15, -0.1) is 0 Å². The van der Waals surface area contributed by atoms with Gasteiger partial charge < -0.3 is 10.2 Å². The van der Waals surface area contributed by atoms with Gasteiger partial charge in [0.2, 0.25) is 11.8 Å². The number of hydrogen-bond acceptors (Lipinski definition) is 2. The number of rotatable bonds is 5. The Morgan fingerprint density at radius 1 is 1.29 bits per heavy atom. The van der Waals surface area contributed by atoms with Crippen molar-refractivity contribution in [1.29, 1.82) is 0 Å². The zero-order chi connectivity index (χ0) is 15.6. The standard InChI is InChI=1S/C17H30N2O2/c1-5-17(4)16(21)19(11-10-13-8-6-7-9-13)14(12(2)3)15(20)18-17/h12-14H,5-11H2,1-4H3,(H,18,20). The Balaban J connectivity index is 2.13. The fraction of sp³-hybridized carbons (Fsp3) is 0.882. The third-order valence-corrected chi connectivity index (χ3v) is 5.33. The Bertz CT molecular complexity index is 402. The first-order valence-corrected chi connectivity index (χ1v) is 8.52. The first kappa shape index (κ1) is 16.3. The van der Waals surface area contributed by atoms with Crippen LogP contribution in [0.25, 0.3) is 0 Å². The lowest BCUT2D eigenvalue weighted by Crippen LogP contribution is -2.70. The monoisotopic (exact) mass is 294 g/mol. The van der Waals surface area contributed by atoms with Crippen molar-refractivity contribution in [3.63, 3.8) is 0 Å². The summed E-state index contributed by atoms with van der Waals surface area (Å²) in [4.78, 5) is 27.2. The molecule has 0 spiro atoms. The fourth-order valence-corrected chi connectivity index (χ4v) is 3.75. The highest BCUT2D eigenvalue weighted by Crippen LogP contribution is 2.30. The van der Waals surface area contributed by atoms with Gasteiger partial charge >= 0.3 is 0 Å². The predicted molar refractivity (Wildman–Crippen MR) is 83.8 cm³/mol. The van der Waals surface area contributed by atoms with Crippen molar-refractivity contribution in [2.24, 2.45) is 11.8 Å². The quantitative estimate of drug-likeness (QED) is 0.847. The van der Waals surface area contributed by atoms with Crippen molar-refractivity contribution in [2.75, 3.05) is 6.54 Å². The lowest BCUT2D eigenvalue weighted by molar-refractivity contribution is -0.156. The van der Waals surface area contributed by atoms with E-state index in [1.807, 2.05) is 32.6 Å². The second-order valence-corrected chi connectivity index (χ2v) is 7.30. The highest BCUT2D eigenvalue weighted by atomic mass is 16.2. The molecule has 2 unspecified atom stereocenters. The molecule has 1 N–H and O–H groups in total. The van der Waals surface area contributed by atoms with Gasteiger partial charge in [-0.25, -0.2) is 0 Å². The topological polar surface area (TPSA) is 49.4 Å². The summed E-state index contributed by atoms with van der Waals surface area (Å²) in [5, 5.41) is 2.95. The van der Waals surface area contributed by atoms with Crippen LogP contribution in [0.3, 0.4) is 0 Å². The molecule has 0 bridgehead atoms. The van der Waals surface area contributed by atoms with Crippen LogP contribution in [0.4, 0.5) is 0 Å². The first-order chi connectivity index (χ1) is 9.89. The zero-order valence-corrected chi connectivity index (χ0v) is 13.9. The van der Waals surface area contributed by atoms with E-state index in [9.17, 15) is 9.59 Å². The maximum absolute atomic E-state index is 12.9. The lowest BCUT2D eigenvalue weighted by Gasteiger charge is -2.45. The molecule has 1 aliphatic carbocycles. The van der Waals surface area contributed by atoms with Crippen molar-refractivity contribution in [3.05, 3.63) is 0 Å². The molecule has 1 aliphatic heterocycles. The Hall–Kier alpha value is -1.06. The SMILES string of the molecule is CCC1(C)NC(=O)C(C(C)C)N(CCC2CCCC2)C1=O. The summed E-state index contributed by atoms with van der Waals surface area (Å²) in [5.74, 6) is 1.00. The normalized spacial score (nSPS) is 31.1. The van der Waals surface area contributed by atoms with E-state index in [4.69, 9.17) is 0 Å². The van der Waals surface area contributed by atoms with Crippen LogP contribution in [0.2, 0.25) is 0 Å². The number of carbonyl (C=O) groups is 2. The molecule has 2 fully saturated rings. The molecule has 2 aliphatic rings. The molecule has 0 aromatic carbocycles. The van der Waals surface area contributed by atoms with Crippen molar-refractivity contribution in [1.82, 2.24) is 10.2 Å². The van der Waals surface area contributed by atoms with Crippen LogP contribution in [-0.4, -0.2) is 34.8 Å². The summed E-state index contributed by atoms with van der Waals surface area (Å²) >= 11 is 0. The van der Waals surface area contributed by atoms with Crippen LogP contribution in [0.5, 0.6) is 0 Å². The Labute approximate surface area is 128 Å². The minimum Gasteiger partial charge on any atom is -0.340 e. The van der Waals surface area contributed by atoms with Gasteiger partial charge in [-0.2, -0.15) is 0 Å². The van der Waals surface area contributed by atoms with Gasteiger partial charge in [-0.05, 0) is 31.6 Å². The smallest absolute Gasteiger partial charge is 0.248 e. The molecule has 0 radical (unpaired) electrons. The van der Waals surface area contributed by atoms with Gasteiger partial charge in [0.1, 0.15) is 11.6 Å². The third-order valence-electron chi connectivity index (χ3n) is 5.33. The number of carbonyl (C=O) groups excluding carboxylic acids is 2. The molecule has 2 atom stereocenters. The molecule has 1 heterocycles. The molecule has 4 heteroatoms. The van der Waals surface area contributed by atoms with Crippen LogP contribution < -0.4 is 5.32 Å². The molecule has 120 valence electrons. The first-order valence-electron chi connectivity index (χ1n) is 8.52. The number of nitrogens with one attached hydrogen (secondary N) is 1. The Morgan fingerprint density at radius 2 is 1.90 bits per heavy atom. The van der Waals surface area contributed by atoms with Crippen LogP contribution in [0.15, 0.2) is 0 Å². The summed E-state index contributed by atoms with van der Waals surface area (Å²) in [6.45, 7) is 8.59. The van der Waals surface area contributed by atoms with Gasteiger partial charge in [0, 0.05) is 6.54 Å². The zero-order valence-electron chi connectivity index (χ0n) is 13.9. The van der Waals surface area contributed by atoms with E-state index in [1.165, 1.54) is 25.7 Å². The molecular formula is C17H30N2O2. The van der Waals surface area contributed by atoms with Gasteiger partial charge in [-0.1, -0.05) is 46.5 Å². The van der Waals surface area contributed by atoms with Gasteiger partial charge in [-0.3, -0.25) is 9.59 Å². The highest BCUT2D eigenvalue weighted by Gasteiger charge is 2.47. The molecule has 0 aromatic rings. The van der Waals surface area contributed by atoms with Crippen LogP contribution >= 0.6 is 0 Å². The molecule has 0 aromatic heterocycles. The minimum absolute atomic E-state index is 0.0142. The highest BCUT2D eigenvalue weighted by molar-refractivity contribution is 5.99. The molecule has 1 saturated heterocycles. The average molecular weight is 294 g/mol. The second kappa shape index (κ2) is 6.37. The molecule has 4 nitrogen and oxygen atoms in total. The molecular weight excluding hydrogens is 264 g/mol. The predicted octanol–water partition coefficient (Wildman–Crippen LogP) is 2.72. The van der Waals surface area contributed by atoms with Crippen LogP contribution in [-0.2, 0) is 9.59 Å². The second-order valence-electron chi connectivity index (χ2n) is 7.30.